The number of hydrogen-bond acceptors (Lipinski definition) is 3. The minimum atomic E-state index is -0.322. The Balaban J connectivity index is 2.22. The lowest BCUT2D eigenvalue weighted by Gasteiger charge is -2.07. The van der Waals surface area contributed by atoms with Gasteiger partial charge in [-0.3, -0.25) is 9.59 Å². The summed E-state index contributed by atoms with van der Waals surface area (Å²) in [5.41, 5.74) is 0.432. The van der Waals surface area contributed by atoms with E-state index >= 15 is 0 Å². The maximum absolute atomic E-state index is 11.7. The largest absolute Gasteiger partial charge is 0.382 e. The highest BCUT2D eigenvalue weighted by Gasteiger charge is 2.07. The van der Waals surface area contributed by atoms with Gasteiger partial charge in [-0.05, 0) is 31.5 Å². The summed E-state index contributed by atoms with van der Waals surface area (Å²) in [5.74, 6) is -0.547. The van der Waals surface area contributed by atoms with E-state index in [1.165, 1.54) is 0 Å². The van der Waals surface area contributed by atoms with E-state index in [0.29, 0.717) is 30.3 Å². The third-order valence-electron chi connectivity index (χ3n) is 2.49. The second kappa shape index (κ2) is 9.34. The average molecular weight is 299 g/mol. The van der Waals surface area contributed by atoms with E-state index in [2.05, 4.69) is 10.6 Å². The molecule has 1 aromatic rings. The predicted octanol–water partition coefficient (Wildman–Crippen LogP) is 1.61. The zero-order valence-corrected chi connectivity index (χ0v) is 12.2. The maximum atomic E-state index is 11.7. The molecule has 1 rings (SSSR count). The Bertz CT molecular complexity index is 452. The van der Waals surface area contributed by atoms with Crippen LogP contribution in [-0.2, 0) is 9.53 Å². The summed E-state index contributed by atoms with van der Waals surface area (Å²) in [7, 11) is 0. The van der Waals surface area contributed by atoms with Crippen LogP contribution in [0.25, 0.3) is 0 Å². The maximum Gasteiger partial charge on any atom is 0.251 e. The van der Waals surface area contributed by atoms with Crippen LogP contribution >= 0.6 is 11.6 Å². The molecule has 0 atom stereocenters. The lowest BCUT2D eigenvalue weighted by atomic mass is 10.2. The second-order valence-electron chi connectivity index (χ2n) is 4.09. The Morgan fingerprint density at radius 1 is 1.30 bits per heavy atom. The minimum Gasteiger partial charge on any atom is -0.382 e. The summed E-state index contributed by atoms with van der Waals surface area (Å²) >= 11 is 5.79. The Labute approximate surface area is 123 Å². The standard InChI is InChI=1S/C14H19ClN2O3/c1-2-20-8-4-7-16-13(18)10-17-14(19)11-5-3-6-12(15)9-11/h3,5-6,9H,2,4,7-8,10H2,1H3,(H,16,18)(H,17,19). The van der Waals surface area contributed by atoms with Crippen LogP contribution < -0.4 is 10.6 Å². The molecule has 0 spiro atoms. The van der Waals surface area contributed by atoms with Crippen molar-refractivity contribution < 1.29 is 14.3 Å². The molecule has 20 heavy (non-hydrogen) atoms. The van der Waals surface area contributed by atoms with E-state index in [1.807, 2.05) is 6.92 Å². The molecule has 2 N–H and O–H groups in total. The number of benzene rings is 1. The average Bonchev–Trinajstić information content (AvgIpc) is 2.44. The number of ether oxygens (including phenoxy) is 1. The molecule has 110 valence electrons. The van der Waals surface area contributed by atoms with Crippen molar-refractivity contribution in [1.29, 1.82) is 0 Å². The van der Waals surface area contributed by atoms with Crippen molar-refractivity contribution in [2.75, 3.05) is 26.3 Å². The molecular weight excluding hydrogens is 280 g/mol. The first-order valence-corrected chi connectivity index (χ1v) is 6.89. The molecule has 0 saturated heterocycles. The van der Waals surface area contributed by atoms with Gasteiger partial charge < -0.3 is 15.4 Å². The van der Waals surface area contributed by atoms with Gasteiger partial charge in [0.15, 0.2) is 0 Å². The molecular formula is C14H19ClN2O3. The van der Waals surface area contributed by atoms with Gasteiger partial charge in [0.1, 0.15) is 0 Å². The summed E-state index contributed by atoms with van der Waals surface area (Å²) in [6, 6.07) is 6.56. The molecule has 0 heterocycles. The third-order valence-corrected chi connectivity index (χ3v) is 2.72. The molecule has 1 aromatic carbocycles. The monoisotopic (exact) mass is 298 g/mol. The van der Waals surface area contributed by atoms with Gasteiger partial charge in [-0.15, -0.1) is 0 Å². The van der Waals surface area contributed by atoms with Crippen LogP contribution in [0.3, 0.4) is 0 Å². The van der Waals surface area contributed by atoms with Crippen molar-refractivity contribution in [3.8, 4) is 0 Å². The van der Waals surface area contributed by atoms with E-state index in [4.69, 9.17) is 16.3 Å². The normalized spacial score (nSPS) is 10.1. The SMILES string of the molecule is CCOCCCNC(=O)CNC(=O)c1cccc(Cl)c1. The van der Waals surface area contributed by atoms with Gasteiger partial charge in [0.05, 0.1) is 6.54 Å². The van der Waals surface area contributed by atoms with Gasteiger partial charge in [-0.25, -0.2) is 0 Å². The highest BCUT2D eigenvalue weighted by molar-refractivity contribution is 6.30. The summed E-state index contributed by atoms with van der Waals surface area (Å²) < 4.78 is 5.15. The number of nitrogens with one attached hydrogen (secondary N) is 2. The summed E-state index contributed by atoms with van der Waals surface area (Å²) in [5, 5.41) is 5.72. The van der Waals surface area contributed by atoms with E-state index in [9.17, 15) is 9.59 Å². The fraction of sp³-hybridized carbons (Fsp3) is 0.429. The number of hydrogen-bond donors (Lipinski definition) is 2. The zero-order chi connectivity index (χ0) is 14.8. The molecule has 0 aliphatic rings. The van der Waals surface area contributed by atoms with Crippen molar-refractivity contribution in [3.05, 3.63) is 34.9 Å². The first-order valence-electron chi connectivity index (χ1n) is 6.51. The molecule has 5 nitrogen and oxygen atoms in total. The van der Waals surface area contributed by atoms with Crippen molar-refractivity contribution in [2.24, 2.45) is 0 Å². The minimum absolute atomic E-state index is 0.0556. The van der Waals surface area contributed by atoms with Gasteiger partial charge in [0.25, 0.3) is 5.91 Å². The number of carbonyl (C=O) groups excluding carboxylic acids is 2. The van der Waals surface area contributed by atoms with Gasteiger partial charge >= 0.3 is 0 Å². The number of rotatable bonds is 8. The summed E-state index contributed by atoms with van der Waals surface area (Å²) in [6.45, 7) is 3.69. The van der Waals surface area contributed by atoms with Crippen molar-refractivity contribution in [3.63, 3.8) is 0 Å². The van der Waals surface area contributed by atoms with E-state index < -0.39 is 0 Å². The molecule has 0 unspecified atom stereocenters. The molecule has 6 heteroatoms. The number of halogens is 1. The summed E-state index contributed by atoms with van der Waals surface area (Å²) in [6.07, 6.45) is 0.752. The fourth-order valence-corrected chi connectivity index (χ4v) is 1.69. The molecule has 0 radical (unpaired) electrons. The van der Waals surface area contributed by atoms with Crippen molar-refractivity contribution in [1.82, 2.24) is 10.6 Å². The smallest absolute Gasteiger partial charge is 0.251 e. The van der Waals surface area contributed by atoms with Crippen LogP contribution in [0.15, 0.2) is 24.3 Å². The topological polar surface area (TPSA) is 67.4 Å². The van der Waals surface area contributed by atoms with Crippen molar-refractivity contribution >= 4 is 23.4 Å². The van der Waals surface area contributed by atoms with Crippen LogP contribution in [0.1, 0.15) is 23.7 Å². The number of amides is 2. The Morgan fingerprint density at radius 2 is 2.10 bits per heavy atom. The van der Waals surface area contributed by atoms with Gasteiger partial charge in [0, 0.05) is 30.3 Å². The lowest BCUT2D eigenvalue weighted by molar-refractivity contribution is -0.120. The first-order chi connectivity index (χ1) is 9.63. The van der Waals surface area contributed by atoms with Crippen LogP contribution in [0.2, 0.25) is 5.02 Å². The van der Waals surface area contributed by atoms with Crippen molar-refractivity contribution in [2.45, 2.75) is 13.3 Å². The van der Waals surface area contributed by atoms with E-state index in [1.54, 1.807) is 24.3 Å². The first kappa shape index (κ1) is 16.5. The van der Waals surface area contributed by atoms with Gasteiger partial charge in [0.2, 0.25) is 5.91 Å². The molecule has 0 aliphatic heterocycles. The Hall–Kier alpha value is -1.59. The zero-order valence-electron chi connectivity index (χ0n) is 11.4. The molecule has 0 aromatic heterocycles. The lowest BCUT2D eigenvalue weighted by Crippen LogP contribution is -2.37. The van der Waals surface area contributed by atoms with Crippen LogP contribution in [-0.4, -0.2) is 38.1 Å². The second-order valence-corrected chi connectivity index (χ2v) is 4.53. The number of carbonyl (C=O) groups is 2. The third kappa shape index (κ3) is 6.54. The highest BCUT2D eigenvalue weighted by Crippen LogP contribution is 2.10. The fourth-order valence-electron chi connectivity index (χ4n) is 1.50. The summed E-state index contributed by atoms with van der Waals surface area (Å²) in [4.78, 5) is 23.2. The highest BCUT2D eigenvalue weighted by atomic mass is 35.5. The predicted molar refractivity (Wildman–Crippen MR) is 77.9 cm³/mol. The van der Waals surface area contributed by atoms with E-state index in [0.717, 1.165) is 6.42 Å². The molecule has 0 saturated carbocycles. The van der Waals surface area contributed by atoms with Crippen LogP contribution in [0.4, 0.5) is 0 Å². The van der Waals surface area contributed by atoms with Gasteiger partial charge in [-0.1, -0.05) is 17.7 Å². The van der Waals surface area contributed by atoms with E-state index in [-0.39, 0.29) is 18.4 Å². The van der Waals surface area contributed by atoms with Crippen LogP contribution in [0.5, 0.6) is 0 Å². The Morgan fingerprint density at radius 3 is 2.80 bits per heavy atom. The molecule has 0 bridgehead atoms. The molecule has 0 fully saturated rings. The molecule has 2 amide bonds. The molecule has 0 aliphatic carbocycles. The van der Waals surface area contributed by atoms with Crippen LogP contribution in [0, 0.1) is 0 Å². The Kier molecular flexibility index (Phi) is 7.69. The quantitative estimate of drug-likeness (QED) is 0.717. The van der Waals surface area contributed by atoms with Gasteiger partial charge in [-0.2, -0.15) is 0 Å².